The maximum Gasteiger partial charge on any atom is 0.227 e. The molecule has 3 heteroatoms. The lowest BCUT2D eigenvalue weighted by Gasteiger charge is -2.50. The van der Waals surface area contributed by atoms with Crippen LogP contribution in [0.3, 0.4) is 0 Å². The van der Waals surface area contributed by atoms with E-state index in [-0.39, 0.29) is 11.5 Å². The van der Waals surface area contributed by atoms with Gasteiger partial charge in [0, 0.05) is 18.0 Å². The Balaban J connectivity index is 2.83. The van der Waals surface area contributed by atoms with E-state index in [4.69, 9.17) is 0 Å². The zero-order valence-electron chi connectivity index (χ0n) is 9.75. The normalized spacial score (nSPS) is 24.2. The summed E-state index contributed by atoms with van der Waals surface area (Å²) in [5, 5.41) is 20.1. The van der Waals surface area contributed by atoms with Crippen molar-refractivity contribution in [3.8, 4) is 0 Å². The number of piperidine rings is 1. The van der Waals surface area contributed by atoms with Gasteiger partial charge in [0.1, 0.15) is 0 Å². The zero-order valence-corrected chi connectivity index (χ0v) is 9.75. The summed E-state index contributed by atoms with van der Waals surface area (Å²) >= 11 is 0. The quantitative estimate of drug-likeness (QED) is 0.666. The highest BCUT2D eigenvalue weighted by atomic mass is 16.5. The lowest BCUT2D eigenvalue weighted by Crippen LogP contribution is -2.62. The van der Waals surface area contributed by atoms with Crippen LogP contribution in [0, 0.1) is 5.92 Å². The molecule has 3 nitrogen and oxygen atoms in total. The highest BCUT2D eigenvalue weighted by Gasteiger charge is 2.44. The standard InChI is InChI=1S/C11H23NO2/c1-9(2)11(13,14)12-8-6-5-7-10(12,3)4/h9,13-14H,5-8H2,1-4H3. The van der Waals surface area contributed by atoms with E-state index in [1.807, 2.05) is 18.7 Å². The zero-order chi connectivity index (χ0) is 11.0. The molecule has 1 heterocycles. The van der Waals surface area contributed by atoms with Crippen LogP contribution in [0.25, 0.3) is 0 Å². The summed E-state index contributed by atoms with van der Waals surface area (Å²) in [7, 11) is 0. The Morgan fingerprint density at radius 2 is 1.79 bits per heavy atom. The first kappa shape index (κ1) is 12.0. The second-order valence-corrected chi connectivity index (χ2v) is 5.26. The Morgan fingerprint density at radius 1 is 1.21 bits per heavy atom. The van der Waals surface area contributed by atoms with Crippen molar-refractivity contribution >= 4 is 0 Å². The SMILES string of the molecule is CC(C)C(O)(O)N1CCCCC1(C)C. The minimum Gasteiger partial charge on any atom is -0.353 e. The third-order valence-electron chi connectivity index (χ3n) is 3.32. The summed E-state index contributed by atoms with van der Waals surface area (Å²) < 4.78 is 0. The van der Waals surface area contributed by atoms with Crippen molar-refractivity contribution in [1.29, 1.82) is 0 Å². The molecule has 2 N–H and O–H groups in total. The van der Waals surface area contributed by atoms with E-state index in [2.05, 4.69) is 13.8 Å². The third-order valence-corrected chi connectivity index (χ3v) is 3.32. The van der Waals surface area contributed by atoms with Crippen LogP contribution >= 0.6 is 0 Å². The van der Waals surface area contributed by atoms with E-state index in [0.717, 1.165) is 19.4 Å². The van der Waals surface area contributed by atoms with Gasteiger partial charge in [-0.2, -0.15) is 0 Å². The average molecular weight is 201 g/mol. The van der Waals surface area contributed by atoms with Gasteiger partial charge in [-0.15, -0.1) is 0 Å². The third kappa shape index (κ3) is 2.10. The lowest BCUT2D eigenvalue weighted by molar-refractivity contribution is -0.316. The van der Waals surface area contributed by atoms with Crippen molar-refractivity contribution in [3.05, 3.63) is 0 Å². The van der Waals surface area contributed by atoms with E-state index in [0.29, 0.717) is 0 Å². The Labute approximate surface area is 86.7 Å². The van der Waals surface area contributed by atoms with Gasteiger partial charge in [0.05, 0.1) is 0 Å². The van der Waals surface area contributed by atoms with Crippen molar-refractivity contribution in [1.82, 2.24) is 4.90 Å². The molecule has 1 aliphatic heterocycles. The second-order valence-electron chi connectivity index (χ2n) is 5.26. The van der Waals surface area contributed by atoms with Gasteiger partial charge in [-0.05, 0) is 26.7 Å². The summed E-state index contributed by atoms with van der Waals surface area (Å²) in [6, 6.07) is 0. The number of hydrogen-bond acceptors (Lipinski definition) is 3. The number of aliphatic hydroxyl groups is 2. The lowest BCUT2D eigenvalue weighted by atomic mass is 9.88. The molecule has 0 amide bonds. The van der Waals surface area contributed by atoms with E-state index >= 15 is 0 Å². The molecule has 1 aliphatic rings. The Hall–Kier alpha value is -0.120. The molecule has 0 aromatic heterocycles. The molecule has 0 aromatic rings. The first-order valence-electron chi connectivity index (χ1n) is 5.51. The molecule has 84 valence electrons. The monoisotopic (exact) mass is 201 g/mol. The summed E-state index contributed by atoms with van der Waals surface area (Å²) in [5.74, 6) is -1.83. The maximum atomic E-state index is 10.0. The predicted molar refractivity (Wildman–Crippen MR) is 56.6 cm³/mol. The maximum absolute atomic E-state index is 10.0. The van der Waals surface area contributed by atoms with E-state index < -0.39 is 5.91 Å². The van der Waals surface area contributed by atoms with Gasteiger partial charge in [0.25, 0.3) is 0 Å². The van der Waals surface area contributed by atoms with Crippen LogP contribution in [0.1, 0.15) is 47.0 Å². The van der Waals surface area contributed by atoms with Crippen molar-refractivity contribution in [2.24, 2.45) is 5.92 Å². The predicted octanol–water partition coefficient (Wildman–Crippen LogP) is 1.55. The summed E-state index contributed by atoms with van der Waals surface area (Å²) in [6.07, 6.45) is 3.26. The fourth-order valence-electron chi connectivity index (χ4n) is 2.19. The van der Waals surface area contributed by atoms with Crippen LogP contribution < -0.4 is 0 Å². The minimum atomic E-state index is -1.66. The molecule has 0 bridgehead atoms. The van der Waals surface area contributed by atoms with Gasteiger partial charge >= 0.3 is 0 Å². The van der Waals surface area contributed by atoms with Crippen molar-refractivity contribution in [2.45, 2.75) is 58.4 Å². The smallest absolute Gasteiger partial charge is 0.227 e. The second kappa shape index (κ2) is 3.80. The molecular weight excluding hydrogens is 178 g/mol. The first-order chi connectivity index (χ1) is 6.28. The Bertz CT molecular complexity index is 199. The number of nitrogens with zero attached hydrogens (tertiary/aromatic N) is 1. The number of rotatable bonds is 2. The number of hydrogen-bond donors (Lipinski definition) is 2. The molecule has 0 radical (unpaired) electrons. The minimum absolute atomic E-state index is 0.105. The fourth-order valence-corrected chi connectivity index (χ4v) is 2.19. The first-order valence-corrected chi connectivity index (χ1v) is 5.51. The van der Waals surface area contributed by atoms with Crippen LogP contribution in [0.5, 0.6) is 0 Å². The molecule has 0 atom stereocenters. The van der Waals surface area contributed by atoms with Crippen molar-refractivity contribution < 1.29 is 10.2 Å². The molecule has 1 fully saturated rings. The fraction of sp³-hybridized carbons (Fsp3) is 1.00. The van der Waals surface area contributed by atoms with Crippen LogP contribution in [0.15, 0.2) is 0 Å². The van der Waals surface area contributed by atoms with Gasteiger partial charge in [-0.3, -0.25) is 0 Å². The highest BCUT2D eigenvalue weighted by molar-refractivity contribution is 4.90. The molecule has 0 spiro atoms. The van der Waals surface area contributed by atoms with Gasteiger partial charge in [0.15, 0.2) is 0 Å². The van der Waals surface area contributed by atoms with Gasteiger partial charge in [0.2, 0.25) is 5.91 Å². The van der Waals surface area contributed by atoms with Gasteiger partial charge < -0.3 is 10.2 Å². The largest absolute Gasteiger partial charge is 0.353 e. The van der Waals surface area contributed by atoms with Crippen molar-refractivity contribution in [2.75, 3.05) is 6.54 Å². The van der Waals surface area contributed by atoms with Crippen LogP contribution in [-0.4, -0.2) is 33.1 Å². The molecule has 14 heavy (non-hydrogen) atoms. The van der Waals surface area contributed by atoms with E-state index in [1.54, 1.807) is 0 Å². The summed E-state index contributed by atoms with van der Waals surface area (Å²) in [4.78, 5) is 1.83. The van der Waals surface area contributed by atoms with Crippen molar-refractivity contribution in [3.63, 3.8) is 0 Å². The number of likely N-dealkylation sites (tertiary alicyclic amines) is 1. The molecular formula is C11H23NO2. The molecule has 0 aromatic carbocycles. The summed E-state index contributed by atoms with van der Waals surface area (Å²) in [5.41, 5.74) is -0.105. The molecule has 0 unspecified atom stereocenters. The van der Waals surface area contributed by atoms with Gasteiger partial charge in [-0.25, -0.2) is 4.90 Å². The van der Waals surface area contributed by atoms with Gasteiger partial charge in [-0.1, -0.05) is 20.3 Å². The highest BCUT2D eigenvalue weighted by Crippen LogP contribution is 2.34. The Morgan fingerprint density at radius 3 is 2.21 bits per heavy atom. The van der Waals surface area contributed by atoms with E-state index in [9.17, 15) is 10.2 Å². The van der Waals surface area contributed by atoms with Crippen LogP contribution in [-0.2, 0) is 0 Å². The van der Waals surface area contributed by atoms with Crippen LogP contribution in [0.4, 0.5) is 0 Å². The summed E-state index contributed by atoms with van der Waals surface area (Å²) in [6.45, 7) is 8.61. The molecule has 0 aliphatic carbocycles. The van der Waals surface area contributed by atoms with Crippen LogP contribution in [0.2, 0.25) is 0 Å². The molecule has 1 rings (SSSR count). The molecule has 0 saturated carbocycles. The average Bonchev–Trinajstić information content (AvgIpc) is 2.02. The molecule has 1 saturated heterocycles. The topological polar surface area (TPSA) is 43.7 Å². The van der Waals surface area contributed by atoms with E-state index in [1.165, 1.54) is 6.42 Å². The Kier molecular flexibility index (Phi) is 3.24.